The van der Waals surface area contributed by atoms with E-state index in [0.717, 1.165) is 37.9 Å². The molecule has 1 saturated carbocycles. The lowest BCUT2D eigenvalue weighted by molar-refractivity contribution is -0.141. The summed E-state index contributed by atoms with van der Waals surface area (Å²) < 4.78 is 0. The van der Waals surface area contributed by atoms with Gasteiger partial charge in [0.1, 0.15) is 0 Å². The molecule has 0 bridgehead atoms. The summed E-state index contributed by atoms with van der Waals surface area (Å²) in [6.45, 7) is 2.83. The minimum absolute atomic E-state index is 0.134. The Morgan fingerprint density at radius 2 is 1.81 bits per heavy atom. The van der Waals surface area contributed by atoms with Crippen molar-refractivity contribution >= 4 is 5.97 Å². The highest BCUT2D eigenvalue weighted by Gasteiger charge is 2.30. The second-order valence-corrected chi connectivity index (χ2v) is 6.71. The first-order chi connectivity index (χ1) is 10.2. The van der Waals surface area contributed by atoms with Gasteiger partial charge in [0.15, 0.2) is 0 Å². The zero-order chi connectivity index (χ0) is 14.7. The highest BCUT2D eigenvalue weighted by atomic mass is 16.4. The molecule has 2 fully saturated rings. The fourth-order valence-electron chi connectivity index (χ4n) is 3.97. The molecule has 1 saturated heterocycles. The molecule has 2 aliphatic rings. The lowest BCUT2D eigenvalue weighted by Gasteiger charge is -2.31. The van der Waals surface area contributed by atoms with E-state index in [1.54, 1.807) is 0 Å². The molecule has 1 atom stereocenters. The molecule has 1 aliphatic heterocycles. The van der Waals surface area contributed by atoms with Crippen LogP contribution >= 0.6 is 0 Å². The zero-order valence-corrected chi connectivity index (χ0v) is 12.6. The Bertz CT molecular complexity index is 465. The van der Waals surface area contributed by atoms with Gasteiger partial charge in [-0.2, -0.15) is 0 Å². The van der Waals surface area contributed by atoms with Gasteiger partial charge in [0.25, 0.3) is 0 Å². The van der Waals surface area contributed by atoms with Crippen LogP contribution in [0.1, 0.15) is 43.6 Å². The first-order valence-electron chi connectivity index (χ1n) is 8.22. The van der Waals surface area contributed by atoms with Crippen molar-refractivity contribution in [3.05, 3.63) is 35.9 Å². The standard InChI is InChI=1S/C18H25NO2/c20-18(21)17-10-11-19(13-17)12-14-6-8-16(9-7-14)15-4-2-1-3-5-15/h1-5,14,16-17H,6-13H2,(H,20,21). The molecule has 3 heteroatoms. The number of nitrogens with zero attached hydrogens (tertiary/aromatic N) is 1. The smallest absolute Gasteiger partial charge is 0.307 e. The maximum atomic E-state index is 11.0. The van der Waals surface area contributed by atoms with Gasteiger partial charge >= 0.3 is 5.97 Å². The van der Waals surface area contributed by atoms with Crippen LogP contribution in [0.2, 0.25) is 0 Å². The van der Waals surface area contributed by atoms with Crippen LogP contribution in [0.4, 0.5) is 0 Å². The number of carboxylic acid groups (broad SMARTS) is 1. The number of hydrogen-bond acceptors (Lipinski definition) is 2. The third-order valence-electron chi connectivity index (χ3n) is 5.26. The summed E-state index contributed by atoms with van der Waals surface area (Å²) in [7, 11) is 0. The molecule has 1 aromatic carbocycles. The van der Waals surface area contributed by atoms with Gasteiger partial charge in [-0.05, 0) is 56.0 Å². The molecule has 1 heterocycles. The third-order valence-corrected chi connectivity index (χ3v) is 5.26. The molecule has 0 radical (unpaired) electrons. The summed E-state index contributed by atoms with van der Waals surface area (Å²) in [5.41, 5.74) is 1.49. The Morgan fingerprint density at radius 1 is 1.10 bits per heavy atom. The summed E-state index contributed by atoms with van der Waals surface area (Å²) in [4.78, 5) is 13.4. The molecule has 0 aromatic heterocycles. The number of rotatable bonds is 4. The quantitative estimate of drug-likeness (QED) is 0.923. The van der Waals surface area contributed by atoms with E-state index in [2.05, 4.69) is 35.2 Å². The van der Waals surface area contributed by atoms with E-state index >= 15 is 0 Å². The maximum Gasteiger partial charge on any atom is 0.307 e. The van der Waals surface area contributed by atoms with Crippen molar-refractivity contribution in [1.29, 1.82) is 0 Å². The Kier molecular flexibility index (Phi) is 4.59. The van der Waals surface area contributed by atoms with Crippen molar-refractivity contribution in [2.24, 2.45) is 11.8 Å². The third kappa shape index (κ3) is 3.65. The topological polar surface area (TPSA) is 40.5 Å². The van der Waals surface area contributed by atoms with Crippen LogP contribution in [0, 0.1) is 11.8 Å². The van der Waals surface area contributed by atoms with Crippen molar-refractivity contribution in [3.8, 4) is 0 Å². The highest BCUT2D eigenvalue weighted by molar-refractivity contribution is 5.70. The van der Waals surface area contributed by atoms with Crippen molar-refractivity contribution in [2.75, 3.05) is 19.6 Å². The molecule has 1 aromatic rings. The van der Waals surface area contributed by atoms with E-state index in [-0.39, 0.29) is 5.92 Å². The van der Waals surface area contributed by atoms with Crippen LogP contribution in [0.25, 0.3) is 0 Å². The van der Waals surface area contributed by atoms with Crippen LogP contribution < -0.4 is 0 Å². The van der Waals surface area contributed by atoms with Gasteiger partial charge in [0, 0.05) is 13.1 Å². The van der Waals surface area contributed by atoms with Gasteiger partial charge in [-0.3, -0.25) is 4.79 Å². The van der Waals surface area contributed by atoms with Crippen molar-refractivity contribution in [2.45, 2.75) is 38.0 Å². The average molecular weight is 287 g/mol. The number of carbonyl (C=O) groups is 1. The fourth-order valence-corrected chi connectivity index (χ4v) is 3.97. The van der Waals surface area contributed by atoms with E-state index < -0.39 is 5.97 Å². The summed E-state index contributed by atoms with van der Waals surface area (Å²) in [6, 6.07) is 10.9. The number of aliphatic carboxylic acids is 1. The monoisotopic (exact) mass is 287 g/mol. The number of carboxylic acids is 1. The Hall–Kier alpha value is -1.35. The maximum absolute atomic E-state index is 11.0. The van der Waals surface area contributed by atoms with Crippen LogP contribution in [-0.4, -0.2) is 35.6 Å². The highest BCUT2D eigenvalue weighted by Crippen LogP contribution is 2.36. The molecular formula is C18H25NO2. The summed E-state index contributed by atoms with van der Waals surface area (Å²) >= 11 is 0. The van der Waals surface area contributed by atoms with Gasteiger partial charge in [-0.1, -0.05) is 30.3 Å². The first kappa shape index (κ1) is 14.6. The molecule has 114 valence electrons. The Labute approximate surface area is 127 Å². The van der Waals surface area contributed by atoms with Gasteiger partial charge in [0.05, 0.1) is 5.92 Å². The van der Waals surface area contributed by atoms with Gasteiger partial charge in [0.2, 0.25) is 0 Å². The molecule has 21 heavy (non-hydrogen) atoms. The summed E-state index contributed by atoms with van der Waals surface area (Å²) in [5, 5.41) is 9.07. The Balaban J connectivity index is 1.45. The zero-order valence-electron chi connectivity index (χ0n) is 12.6. The molecule has 3 rings (SSSR count). The summed E-state index contributed by atoms with van der Waals surface area (Å²) in [5.74, 6) is 0.737. The molecule has 1 N–H and O–H groups in total. The predicted molar refractivity (Wildman–Crippen MR) is 83.3 cm³/mol. The van der Waals surface area contributed by atoms with Gasteiger partial charge < -0.3 is 10.0 Å². The number of hydrogen-bond donors (Lipinski definition) is 1. The normalized spacial score (nSPS) is 30.4. The first-order valence-corrected chi connectivity index (χ1v) is 8.22. The average Bonchev–Trinajstić information content (AvgIpc) is 2.98. The molecule has 0 amide bonds. The molecule has 0 spiro atoms. The van der Waals surface area contributed by atoms with E-state index in [0.29, 0.717) is 0 Å². The van der Waals surface area contributed by atoms with E-state index in [1.807, 2.05) is 0 Å². The van der Waals surface area contributed by atoms with Crippen LogP contribution in [0.3, 0.4) is 0 Å². The number of likely N-dealkylation sites (tertiary alicyclic amines) is 1. The number of benzene rings is 1. The van der Waals surface area contributed by atoms with Crippen molar-refractivity contribution < 1.29 is 9.90 Å². The van der Waals surface area contributed by atoms with Gasteiger partial charge in [-0.25, -0.2) is 0 Å². The minimum Gasteiger partial charge on any atom is -0.481 e. The van der Waals surface area contributed by atoms with Crippen LogP contribution in [0.5, 0.6) is 0 Å². The van der Waals surface area contributed by atoms with Crippen LogP contribution in [0.15, 0.2) is 30.3 Å². The second kappa shape index (κ2) is 6.61. The Morgan fingerprint density at radius 3 is 2.43 bits per heavy atom. The minimum atomic E-state index is -0.620. The molecular weight excluding hydrogens is 262 g/mol. The van der Waals surface area contributed by atoms with Crippen LogP contribution in [-0.2, 0) is 4.79 Å². The van der Waals surface area contributed by atoms with Gasteiger partial charge in [-0.15, -0.1) is 0 Å². The van der Waals surface area contributed by atoms with E-state index in [1.165, 1.54) is 31.2 Å². The lowest BCUT2D eigenvalue weighted by atomic mass is 9.78. The fraction of sp³-hybridized carbons (Fsp3) is 0.611. The van der Waals surface area contributed by atoms with Crippen molar-refractivity contribution in [3.63, 3.8) is 0 Å². The summed E-state index contributed by atoms with van der Waals surface area (Å²) in [6.07, 6.45) is 5.96. The SMILES string of the molecule is O=C(O)C1CCN(CC2CCC(c3ccccc3)CC2)C1. The van der Waals surface area contributed by atoms with Crippen molar-refractivity contribution in [1.82, 2.24) is 4.90 Å². The van der Waals surface area contributed by atoms with E-state index in [4.69, 9.17) is 5.11 Å². The largest absolute Gasteiger partial charge is 0.481 e. The predicted octanol–water partition coefficient (Wildman–Crippen LogP) is 3.37. The molecule has 3 nitrogen and oxygen atoms in total. The van der Waals surface area contributed by atoms with E-state index in [9.17, 15) is 4.79 Å². The molecule has 1 aliphatic carbocycles. The lowest BCUT2D eigenvalue weighted by Crippen LogP contribution is -2.30. The second-order valence-electron chi connectivity index (χ2n) is 6.71. The molecule has 1 unspecified atom stereocenters.